The van der Waals surface area contributed by atoms with E-state index in [0.717, 1.165) is 19.1 Å². The lowest BCUT2D eigenvalue weighted by atomic mass is 10.1. The second-order valence-corrected chi connectivity index (χ2v) is 4.88. The zero-order valence-corrected chi connectivity index (χ0v) is 8.96. The van der Waals surface area contributed by atoms with Crippen molar-refractivity contribution in [3.8, 4) is 0 Å². The van der Waals surface area contributed by atoms with Crippen molar-refractivity contribution in [2.24, 2.45) is 0 Å². The van der Waals surface area contributed by atoms with Gasteiger partial charge in [0, 0.05) is 24.5 Å². The lowest BCUT2D eigenvalue weighted by Gasteiger charge is -2.35. The topological polar surface area (TPSA) is 28.2 Å². The van der Waals surface area contributed by atoms with E-state index in [-0.39, 0.29) is 0 Å². The first kappa shape index (κ1) is 8.83. The van der Waals surface area contributed by atoms with Gasteiger partial charge in [-0.05, 0) is 19.4 Å². The third-order valence-electron chi connectivity index (χ3n) is 3.32. The summed E-state index contributed by atoms with van der Waals surface area (Å²) in [5, 5.41) is 5.76. The number of thiazole rings is 1. The predicted octanol–water partition coefficient (Wildman–Crippen LogP) is 1.25. The van der Waals surface area contributed by atoms with Gasteiger partial charge in [-0.25, -0.2) is 4.98 Å². The van der Waals surface area contributed by atoms with E-state index in [2.05, 4.69) is 20.6 Å². The van der Waals surface area contributed by atoms with Gasteiger partial charge in [-0.3, -0.25) is 4.90 Å². The fourth-order valence-corrected chi connectivity index (χ4v) is 3.14. The van der Waals surface area contributed by atoms with Crippen LogP contribution < -0.4 is 5.32 Å². The Bertz CT molecular complexity index is 298. The molecule has 1 aromatic heterocycles. The van der Waals surface area contributed by atoms with E-state index in [1.807, 2.05) is 5.51 Å². The zero-order chi connectivity index (χ0) is 9.38. The third kappa shape index (κ3) is 1.47. The summed E-state index contributed by atoms with van der Waals surface area (Å²) in [6, 6.07) is 1.26. The quantitative estimate of drug-likeness (QED) is 0.754. The Morgan fingerprint density at radius 3 is 3.43 bits per heavy atom. The molecule has 76 valence electrons. The van der Waals surface area contributed by atoms with Crippen LogP contribution in [0.25, 0.3) is 0 Å². The minimum Gasteiger partial charge on any atom is -0.306 e. The maximum absolute atomic E-state index is 4.38. The molecule has 2 unspecified atom stereocenters. The highest BCUT2D eigenvalue weighted by Gasteiger charge is 2.32. The second kappa shape index (κ2) is 3.61. The molecule has 3 heterocycles. The van der Waals surface area contributed by atoms with Crippen molar-refractivity contribution < 1.29 is 0 Å². The lowest BCUT2D eigenvalue weighted by Crippen LogP contribution is -2.49. The van der Waals surface area contributed by atoms with Crippen LogP contribution in [0.2, 0.25) is 0 Å². The Morgan fingerprint density at radius 2 is 2.57 bits per heavy atom. The van der Waals surface area contributed by atoms with Crippen LogP contribution in [-0.2, 0) is 0 Å². The van der Waals surface area contributed by atoms with Gasteiger partial charge in [-0.1, -0.05) is 0 Å². The van der Waals surface area contributed by atoms with Crippen molar-refractivity contribution in [1.82, 2.24) is 15.2 Å². The van der Waals surface area contributed by atoms with Gasteiger partial charge in [0.1, 0.15) is 0 Å². The lowest BCUT2D eigenvalue weighted by molar-refractivity contribution is 0.172. The molecule has 0 aliphatic carbocycles. The Hall–Kier alpha value is -0.450. The molecule has 2 aliphatic heterocycles. The van der Waals surface area contributed by atoms with Gasteiger partial charge in [-0.2, -0.15) is 0 Å². The third-order valence-corrected chi connectivity index (χ3v) is 3.93. The van der Waals surface area contributed by atoms with Crippen LogP contribution >= 0.6 is 11.3 Å². The average Bonchev–Trinajstić information content (AvgIpc) is 2.88. The fraction of sp³-hybridized carbons (Fsp3) is 0.700. The van der Waals surface area contributed by atoms with E-state index in [4.69, 9.17) is 0 Å². The number of rotatable bonds is 1. The number of piperazine rings is 1. The molecular formula is C10H15N3S. The summed E-state index contributed by atoms with van der Waals surface area (Å²) in [4.78, 5) is 7.00. The second-order valence-electron chi connectivity index (χ2n) is 4.17. The van der Waals surface area contributed by atoms with Crippen LogP contribution in [0.1, 0.15) is 24.6 Å². The number of aromatic nitrogens is 1. The number of nitrogens with one attached hydrogen (secondary N) is 1. The highest BCUT2D eigenvalue weighted by Crippen LogP contribution is 2.25. The number of hydrogen-bond donors (Lipinski definition) is 1. The predicted molar refractivity (Wildman–Crippen MR) is 57.5 cm³/mol. The first-order chi connectivity index (χ1) is 6.93. The van der Waals surface area contributed by atoms with E-state index in [1.165, 1.54) is 25.1 Å². The number of fused-ring (bicyclic) bond motifs is 1. The fourth-order valence-electron chi connectivity index (χ4n) is 2.54. The van der Waals surface area contributed by atoms with Crippen LogP contribution in [0.3, 0.4) is 0 Å². The van der Waals surface area contributed by atoms with Crippen molar-refractivity contribution in [3.05, 3.63) is 16.6 Å². The van der Waals surface area contributed by atoms with Gasteiger partial charge < -0.3 is 5.32 Å². The Morgan fingerprint density at radius 1 is 1.57 bits per heavy atom. The molecule has 0 spiro atoms. The molecule has 1 aromatic rings. The SMILES string of the molecule is c1nc(C2CN3CCCC3CN2)cs1. The van der Waals surface area contributed by atoms with Gasteiger partial charge >= 0.3 is 0 Å². The van der Waals surface area contributed by atoms with Crippen LogP contribution in [0, 0.1) is 0 Å². The monoisotopic (exact) mass is 209 g/mol. The first-order valence-electron chi connectivity index (χ1n) is 5.29. The molecule has 1 N–H and O–H groups in total. The summed E-state index contributed by atoms with van der Waals surface area (Å²) in [6.07, 6.45) is 2.74. The molecule has 2 saturated heterocycles. The van der Waals surface area contributed by atoms with E-state index in [0.29, 0.717) is 6.04 Å². The van der Waals surface area contributed by atoms with Crippen molar-refractivity contribution in [3.63, 3.8) is 0 Å². The summed E-state index contributed by atoms with van der Waals surface area (Å²) in [5.74, 6) is 0. The Labute approximate surface area is 88.1 Å². The number of hydrogen-bond acceptors (Lipinski definition) is 4. The molecular weight excluding hydrogens is 194 g/mol. The molecule has 3 rings (SSSR count). The van der Waals surface area contributed by atoms with Crippen LogP contribution in [-0.4, -0.2) is 35.6 Å². The summed E-state index contributed by atoms with van der Waals surface area (Å²) < 4.78 is 0. The van der Waals surface area contributed by atoms with E-state index in [1.54, 1.807) is 11.3 Å². The van der Waals surface area contributed by atoms with Crippen LogP contribution in [0.5, 0.6) is 0 Å². The van der Waals surface area contributed by atoms with Crippen molar-refractivity contribution >= 4 is 11.3 Å². The smallest absolute Gasteiger partial charge is 0.0795 e. The summed E-state index contributed by atoms with van der Waals surface area (Å²) in [6.45, 7) is 3.57. The minimum atomic E-state index is 0.468. The molecule has 0 aromatic carbocycles. The molecule has 0 amide bonds. The summed E-state index contributed by atoms with van der Waals surface area (Å²) in [5.41, 5.74) is 3.15. The van der Waals surface area contributed by atoms with Gasteiger partial charge in [0.15, 0.2) is 0 Å². The van der Waals surface area contributed by atoms with E-state index < -0.39 is 0 Å². The minimum absolute atomic E-state index is 0.468. The van der Waals surface area contributed by atoms with Crippen LogP contribution in [0.4, 0.5) is 0 Å². The van der Waals surface area contributed by atoms with Gasteiger partial charge in [0.2, 0.25) is 0 Å². The van der Waals surface area contributed by atoms with Crippen LogP contribution in [0.15, 0.2) is 10.9 Å². The van der Waals surface area contributed by atoms with Gasteiger partial charge in [0.05, 0.1) is 17.2 Å². The molecule has 0 radical (unpaired) electrons. The molecule has 0 bridgehead atoms. The van der Waals surface area contributed by atoms with Gasteiger partial charge in [-0.15, -0.1) is 11.3 Å². The van der Waals surface area contributed by atoms with E-state index in [9.17, 15) is 0 Å². The molecule has 2 atom stereocenters. The van der Waals surface area contributed by atoms with Crippen molar-refractivity contribution in [2.45, 2.75) is 24.9 Å². The molecule has 2 aliphatic rings. The standard InChI is InChI=1S/C10H15N3S/c1-2-8-4-11-9(5-13(8)3-1)10-6-14-7-12-10/h6-9,11H,1-5H2. The first-order valence-corrected chi connectivity index (χ1v) is 6.23. The maximum Gasteiger partial charge on any atom is 0.0795 e. The van der Waals surface area contributed by atoms with Gasteiger partial charge in [0.25, 0.3) is 0 Å². The highest BCUT2D eigenvalue weighted by atomic mass is 32.1. The van der Waals surface area contributed by atoms with Crippen molar-refractivity contribution in [2.75, 3.05) is 19.6 Å². The van der Waals surface area contributed by atoms with Crippen molar-refractivity contribution in [1.29, 1.82) is 0 Å². The Kier molecular flexibility index (Phi) is 2.27. The highest BCUT2D eigenvalue weighted by molar-refractivity contribution is 7.07. The number of nitrogens with zero attached hydrogens (tertiary/aromatic N) is 2. The maximum atomic E-state index is 4.38. The zero-order valence-electron chi connectivity index (χ0n) is 8.15. The summed E-state index contributed by atoms with van der Waals surface area (Å²) >= 11 is 1.69. The van der Waals surface area contributed by atoms with E-state index >= 15 is 0 Å². The molecule has 3 nitrogen and oxygen atoms in total. The largest absolute Gasteiger partial charge is 0.306 e. The Balaban J connectivity index is 1.73. The summed E-state index contributed by atoms with van der Waals surface area (Å²) in [7, 11) is 0. The normalized spacial score (nSPS) is 33.1. The molecule has 14 heavy (non-hydrogen) atoms. The molecule has 2 fully saturated rings. The average molecular weight is 209 g/mol. The molecule has 4 heteroatoms. The molecule has 0 saturated carbocycles.